The molecule has 2 rings (SSSR count). The fraction of sp³-hybridized carbons (Fsp3) is 0.938. The Bertz CT molecular complexity index is 340. The molecule has 0 unspecified atom stereocenters. The Kier molecular flexibility index (Phi) is 6.02. The Hall–Kier alpha value is -0.650. The van der Waals surface area contributed by atoms with Gasteiger partial charge in [-0.3, -0.25) is 9.69 Å². The number of carbonyl (C=O) groups is 1. The molecule has 0 aromatic carbocycles. The van der Waals surface area contributed by atoms with Crippen molar-refractivity contribution < 1.29 is 14.6 Å². The van der Waals surface area contributed by atoms with Gasteiger partial charge in [0.05, 0.1) is 24.7 Å². The minimum Gasteiger partial charge on any atom is -0.390 e. The number of rotatable bonds is 6. The van der Waals surface area contributed by atoms with Gasteiger partial charge < -0.3 is 15.2 Å². The minimum atomic E-state index is -0.539. The highest BCUT2D eigenvalue weighted by Crippen LogP contribution is 2.31. The molecule has 0 bridgehead atoms. The summed E-state index contributed by atoms with van der Waals surface area (Å²) in [6.07, 6.45) is 5.03. The van der Waals surface area contributed by atoms with Crippen molar-refractivity contribution in [2.24, 2.45) is 0 Å². The number of hydrogen-bond donors (Lipinski definition) is 2. The van der Waals surface area contributed by atoms with Crippen molar-refractivity contribution in [1.82, 2.24) is 10.2 Å². The van der Waals surface area contributed by atoms with E-state index in [1.54, 1.807) is 0 Å². The van der Waals surface area contributed by atoms with Crippen molar-refractivity contribution >= 4 is 5.91 Å². The molecule has 2 aliphatic rings. The second-order valence-corrected chi connectivity index (χ2v) is 6.82. The van der Waals surface area contributed by atoms with Gasteiger partial charge in [-0.05, 0) is 33.1 Å². The summed E-state index contributed by atoms with van der Waals surface area (Å²) in [4.78, 5) is 14.3. The Balaban J connectivity index is 1.64. The van der Waals surface area contributed by atoms with E-state index in [9.17, 15) is 9.90 Å². The van der Waals surface area contributed by atoms with Crippen LogP contribution in [0.1, 0.15) is 52.4 Å². The highest BCUT2D eigenvalue weighted by atomic mass is 16.5. The van der Waals surface area contributed by atoms with Gasteiger partial charge in [0, 0.05) is 25.7 Å². The van der Waals surface area contributed by atoms with Crippen LogP contribution in [0.2, 0.25) is 0 Å². The fourth-order valence-electron chi connectivity index (χ4n) is 3.33. The van der Waals surface area contributed by atoms with Crippen LogP contribution in [0.15, 0.2) is 0 Å². The monoisotopic (exact) mass is 298 g/mol. The molecule has 0 spiro atoms. The van der Waals surface area contributed by atoms with Gasteiger partial charge in [0.25, 0.3) is 0 Å². The van der Waals surface area contributed by atoms with Crippen LogP contribution in [0, 0.1) is 0 Å². The van der Waals surface area contributed by atoms with Gasteiger partial charge in [-0.2, -0.15) is 0 Å². The van der Waals surface area contributed by atoms with E-state index in [1.807, 2.05) is 0 Å². The van der Waals surface area contributed by atoms with E-state index in [2.05, 4.69) is 24.1 Å². The van der Waals surface area contributed by atoms with E-state index in [1.165, 1.54) is 0 Å². The van der Waals surface area contributed by atoms with Crippen LogP contribution >= 0.6 is 0 Å². The number of morpholine rings is 1. The average molecular weight is 298 g/mol. The van der Waals surface area contributed by atoms with E-state index < -0.39 is 5.60 Å². The molecule has 0 aromatic heterocycles. The predicted octanol–water partition coefficient (Wildman–Crippen LogP) is 1.30. The van der Waals surface area contributed by atoms with Gasteiger partial charge in [-0.15, -0.1) is 0 Å². The lowest BCUT2D eigenvalue weighted by molar-refractivity contribution is -0.126. The van der Waals surface area contributed by atoms with Crippen LogP contribution in [0.25, 0.3) is 0 Å². The average Bonchev–Trinajstić information content (AvgIpc) is 2.86. The molecule has 1 saturated heterocycles. The summed E-state index contributed by atoms with van der Waals surface area (Å²) in [6, 6.07) is 0.496. The Labute approximate surface area is 128 Å². The second-order valence-electron chi connectivity index (χ2n) is 6.82. The summed E-state index contributed by atoms with van der Waals surface area (Å²) in [5.41, 5.74) is -0.539. The largest absolute Gasteiger partial charge is 0.390 e. The second kappa shape index (κ2) is 7.56. The van der Waals surface area contributed by atoms with Crippen molar-refractivity contribution in [3.8, 4) is 0 Å². The minimum absolute atomic E-state index is 0.00397. The van der Waals surface area contributed by atoms with Crippen LogP contribution in [-0.2, 0) is 9.53 Å². The number of nitrogens with one attached hydrogen (secondary N) is 1. The first-order valence-corrected chi connectivity index (χ1v) is 8.33. The molecule has 0 radical (unpaired) electrons. The summed E-state index contributed by atoms with van der Waals surface area (Å²) in [5, 5.41) is 13.2. The zero-order valence-corrected chi connectivity index (χ0v) is 13.4. The fourth-order valence-corrected chi connectivity index (χ4v) is 3.33. The molecule has 1 aliphatic carbocycles. The van der Waals surface area contributed by atoms with Crippen molar-refractivity contribution in [3.05, 3.63) is 0 Å². The molecule has 5 heteroatoms. The quantitative estimate of drug-likeness (QED) is 0.776. The third kappa shape index (κ3) is 5.24. The summed E-state index contributed by atoms with van der Waals surface area (Å²) in [7, 11) is 0. The Morgan fingerprint density at radius 1 is 1.43 bits per heavy atom. The van der Waals surface area contributed by atoms with Gasteiger partial charge in [-0.1, -0.05) is 12.8 Å². The number of ether oxygens (including phenoxy) is 1. The smallest absolute Gasteiger partial charge is 0.222 e. The lowest BCUT2D eigenvalue weighted by Gasteiger charge is -2.35. The molecule has 122 valence electrons. The standard InChI is InChI=1S/C16H30N2O3/c1-13(2)18-9-10-21-14(12-18)11-15(19)17-8-7-16(20)5-3-4-6-16/h13-14,20H,3-12H2,1-2H3,(H,17,19)/t14-/m0/s1. The van der Waals surface area contributed by atoms with E-state index in [4.69, 9.17) is 4.74 Å². The van der Waals surface area contributed by atoms with Crippen molar-refractivity contribution in [3.63, 3.8) is 0 Å². The summed E-state index contributed by atoms with van der Waals surface area (Å²) < 4.78 is 5.68. The molecule has 5 nitrogen and oxygen atoms in total. The number of carbonyl (C=O) groups excluding carboxylic acids is 1. The molecule has 1 saturated carbocycles. The normalized spacial score (nSPS) is 26.2. The third-order valence-electron chi connectivity index (χ3n) is 4.76. The molecule has 1 aliphatic heterocycles. The Morgan fingerprint density at radius 3 is 2.81 bits per heavy atom. The molecule has 2 N–H and O–H groups in total. The highest BCUT2D eigenvalue weighted by Gasteiger charge is 2.30. The van der Waals surface area contributed by atoms with Gasteiger partial charge >= 0.3 is 0 Å². The van der Waals surface area contributed by atoms with Crippen molar-refractivity contribution in [1.29, 1.82) is 0 Å². The molecular formula is C16H30N2O3. The van der Waals surface area contributed by atoms with Crippen LogP contribution in [0.4, 0.5) is 0 Å². The molecule has 2 fully saturated rings. The van der Waals surface area contributed by atoms with Gasteiger partial charge in [-0.25, -0.2) is 0 Å². The maximum atomic E-state index is 12.0. The number of amides is 1. The van der Waals surface area contributed by atoms with Crippen LogP contribution < -0.4 is 5.32 Å². The summed E-state index contributed by atoms with van der Waals surface area (Å²) in [5.74, 6) is 0.0344. The van der Waals surface area contributed by atoms with Gasteiger partial charge in [0.15, 0.2) is 0 Å². The molecule has 1 atom stereocenters. The maximum Gasteiger partial charge on any atom is 0.222 e. The van der Waals surface area contributed by atoms with Crippen LogP contribution in [0.5, 0.6) is 0 Å². The third-order valence-corrected chi connectivity index (χ3v) is 4.76. The first-order valence-electron chi connectivity index (χ1n) is 8.33. The molecule has 1 heterocycles. The zero-order valence-electron chi connectivity index (χ0n) is 13.4. The summed E-state index contributed by atoms with van der Waals surface area (Å²) >= 11 is 0. The van der Waals surface area contributed by atoms with Crippen molar-refractivity contribution in [2.75, 3.05) is 26.2 Å². The number of hydrogen-bond acceptors (Lipinski definition) is 4. The number of nitrogens with zero attached hydrogens (tertiary/aromatic N) is 1. The highest BCUT2D eigenvalue weighted by molar-refractivity contribution is 5.76. The molecular weight excluding hydrogens is 268 g/mol. The molecule has 21 heavy (non-hydrogen) atoms. The van der Waals surface area contributed by atoms with Gasteiger partial charge in [0.2, 0.25) is 5.91 Å². The molecule has 1 amide bonds. The van der Waals surface area contributed by atoms with Gasteiger partial charge in [0.1, 0.15) is 0 Å². The van der Waals surface area contributed by atoms with E-state index >= 15 is 0 Å². The topological polar surface area (TPSA) is 61.8 Å². The zero-order chi connectivity index (χ0) is 15.3. The first-order chi connectivity index (χ1) is 9.98. The maximum absolute atomic E-state index is 12.0. The van der Waals surface area contributed by atoms with Crippen LogP contribution in [0.3, 0.4) is 0 Å². The van der Waals surface area contributed by atoms with Crippen LogP contribution in [-0.4, -0.2) is 59.9 Å². The SMILES string of the molecule is CC(C)N1CCO[C@@H](CC(=O)NCCC2(O)CCCC2)C1. The van der Waals surface area contributed by atoms with E-state index in [0.717, 1.165) is 38.8 Å². The molecule has 0 aromatic rings. The lowest BCUT2D eigenvalue weighted by Crippen LogP contribution is -2.47. The lowest BCUT2D eigenvalue weighted by atomic mass is 9.98. The summed E-state index contributed by atoms with van der Waals surface area (Å²) in [6.45, 7) is 7.39. The Morgan fingerprint density at radius 2 is 2.14 bits per heavy atom. The predicted molar refractivity (Wildman–Crippen MR) is 82.1 cm³/mol. The first kappa shape index (κ1) is 16.7. The number of aliphatic hydroxyl groups is 1. The van der Waals surface area contributed by atoms with E-state index in [-0.39, 0.29) is 12.0 Å². The van der Waals surface area contributed by atoms with E-state index in [0.29, 0.717) is 32.0 Å². The van der Waals surface area contributed by atoms with Crippen molar-refractivity contribution in [2.45, 2.75) is 70.1 Å².